The maximum Gasteiger partial charge on any atom is 0.102 e. The Labute approximate surface area is 73.5 Å². The van der Waals surface area contributed by atoms with E-state index in [0.717, 1.165) is 25.9 Å². The third-order valence-electron chi connectivity index (χ3n) is 1.63. The third kappa shape index (κ3) is 6.57. The molecule has 0 spiro atoms. The van der Waals surface area contributed by atoms with Gasteiger partial charge in [0.05, 0.1) is 0 Å². The molecule has 0 bridgehead atoms. The highest BCUT2D eigenvalue weighted by Crippen LogP contribution is 1.95. The average molecular weight is 182 g/mol. The molecule has 0 aromatic heterocycles. The molecule has 0 saturated heterocycles. The summed E-state index contributed by atoms with van der Waals surface area (Å²) >= 11 is 5.55. The van der Waals surface area contributed by atoms with Crippen LogP contribution >= 0.6 is 11.6 Å². The Kier molecular flexibility index (Phi) is 8.41. The Morgan fingerprint density at radius 2 is 2.00 bits per heavy atom. The summed E-state index contributed by atoms with van der Waals surface area (Å²) in [6.45, 7) is 4.19. The number of hydrogen-bond donors (Lipinski definition) is 0. The van der Waals surface area contributed by atoms with E-state index in [1.807, 2.05) is 0 Å². The summed E-state index contributed by atoms with van der Waals surface area (Å²) < 4.78 is 11.9. The highest BCUT2D eigenvalue weighted by molar-refractivity contribution is 6.18. The number of alkyl halides is 2. The zero-order valence-electron chi connectivity index (χ0n) is 7.15. The van der Waals surface area contributed by atoms with Crippen molar-refractivity contribution in [3.05, 3.63) is 0 Å². The highest BCUT2D eigenvalue weighted by Gasteiger charge is 2.01. The fraction of sp³-hybridized carbons (Fsp3) is 1.00. The van der Waals surface area contributed by atoms with Crippen LogP contribution in [0.15, 0.2) is 0 Å². The molecule has 0 radical (unpaired) electrons. The molecule has 0 saturated carbocycles. The first-order valence-electron chi connectivity index (χ1n) is 4.19. The van der Waals surface area contributed by atoms with Crippen molar-refractivity contribution in [2.24, 2.45) is 0 Å². The molecule has 0 aliphatic rings. The smallest absolute Gasteiger partial charge is 0.102 e. The van der Waals surface area contributed by atoms with E-state index in [1.54, 1.807) is 0 Å². The second kappa shape index (κ2) is 8.28. The molecule has 1 nitrogen and oxygen atoms in total. The quantitative estimate of drug-likeness (QED) is 0.545. The van der Waals surface area contributed by atoms with E-state index >= 15 is 0 Å². The Balaban J connectivity index is 3.34. The maximum atomic E-state index is 11.9. The molecule has 0 aromatic rings. The van der Waals surface area contributed by atoms with Gasteiger partial charge in [0.1, 0.15) is 6.67 Å². The predicted molar refractivity (Wildman–Crippen MR) is 48.0 cm³/mol. The van der Waals surface area contributed by atoms with Crippen LogP contribution in [-0.2, 0) is 0 Å². The molecule has 11 heavy (non-hydrogen) atoms. The summed E-state index contributed by atoms with van der Waals surface area (Å²) in [7, 11) is 0. The molecule has 0 amide bonds. The molecule has 0 heterocycles. The normalized spacial score (nSPS) is 10.9. The van der Waals surface area contributed by atoms with Gasteiger partial charge in [-0.05, 0) is 13.0 Å². The second-order valence-electron chi connectivity index (χ2n) is 2.57. The number of hydrogen-bond acceptors (Lipinski definition) is 1. The van der Waals surface area contributed by atoms with E-state index in [2.05, 4.69) is 11.8 Å². The van der Waals surface area contributed by atoms with E-state index in [4.69, 9.17) is 11.6 Å². The van der Waals surface area contributed by atoms with Crippen molar-refractivity contribution in [1.82, 2.24) is 4.90 Å². The molecular formula is C8H17ClFN. The molecule has 0 aliphatic heterocycles. The number of unbranched alkanes of at least 4 members (excludes halogenated alkanes) is 1. The second-order valence-corrected chi connectivity index (χ2v) is 2.95. The van der Waals surface area contributed by atoms with Crippen molar-refractivity contribution < 1.29 is 4.39 Å². The molecule has 0 atom stereocenters. The predicted octanol–water partition coefficient (Wildman–Crippen LogP) is 2.30. The van der Waals surface area contributed by atoms with E-state index in [-0.39, 0.29) is 6.67 Å². The molecule has 0 N–H and O–H groups in total. The van der Waals surface area contributed by atoms with Gasteiger partial charge in [-0.25, -0.2) is 4.39 Å². The van der Waals surface area contributed by atoms with Crippen molar-refractivity contribution in [2.75, 3.05) is 32.2 Å². The third-order valence-corrected chi connectivity index (χ3v) is 1.80. The zero-order chi connectivity index (χ0) is 8.53. The number of halogens is 2. The lowest BCUT2D eigenvalue weighted by Crippen LogP contribution is -2.29. The molecule has 0 unspecified atom stereocenters. The van der Waals surface area contributed by atoms with Crippen LogP contribution in [0.5, 0.6) is 0 Å². The minimum absolute atomic E-state index is 0.263. The SMILES string of the molecule is CCCCN(CCF)CCCl. The van der Waals surface area contributed by atoms with Crippen molar-refractivity contribution >= 4 is 11.6 Å². The van der Waals surface area contributed by atoms with Crippen LogP contribution in [0.3, 0.4) is 0 Å². The monoisotopic (exact) mass is 181 g/mol. The summed E-state index contributed by atoms with van der Waals surface area (Å²) in [6, 6.07) is 0. The lowest BCUT2D eigenvalue weighted by molar-refractivity contribution is 0.257. The highest BCUT2D eigenvalue weighted by atomic mass is 35.5. The number of rotatable bonds is 7. The van der Waals surface area contributed by atoms with Gasteiger partial charge in [-0.1, -0.05) is 13.3 Å². The summed E-state index contributed by atoms with van der Waals surface area (Å²) in [5.74, 6) is 0.601. The Bertz CT molecular complexity index is 74.5. The van der Waals surface area contributed by atoms with Gasteiger partial charge >= 0.3 is 0 Å². The minimum atomic E-state index is -0.263. The summed E-state index contributed by atoms with van der Waals surface area (Å²) in [4.78, 5) is 2.07. The van der Waals surface area contributed by atoms with Gasteiger partial charge in [-0.2, -0.15) is 0 Å². The van der Waals surface area contributed by atoms with Crippen LogP contribution in [0.2, 0.25) is 0 Å². The molecule has 3 heteroatoms. The van der Waals surface area contributed by atoms with Crippen LogP contribution in [0, 0.1) is 0 Å². The van der Waals surface area contributed by atoms with Gasteiger partial charge in [0.25, 0.3) is 0 Å². The van der Waals surface area contributed by atoms with Crippen LogP contribution in [0.1, 0.15) is 19.8 Å². The lowest BCUT2D eigenvalue weighted by atomic mass is 10.3. The van der Waals surface area contributed by atoms with E-state index in [1.165, 1.54) is 0 Å². The first kappa shape index (κ1) is 11.2. The van der Waals surface area contributed by atoms with Crippen molar-refractivity contribution in [1.29, 1.82) is 0 Å². The Morgan fingerprint density at radius 1 is 1.27 bits per heavy atom. The van der Waals surface area contributed by atoms with E-state index < -0.39 is 0 Å². The largest absolute Gasteiger partial charge is 0.300 e. The molecular weight excluding hydrogens is 165 g/mol. The van der Waals surface area contributed by atoms with E-state index in [0.29, 0.717) is 12.4 Å². The van der Waals surface area contributed by atoms with Gasteiger partial charge in [0.2, 0.25) is 0 Å². The van der Waals surface area contributed by atoms with Gasteiger partial charge in [0.15, 0.2) is 0 Å². The van der Waals surface area contributed by atoms with Crippen LogP contribution < -0.4 is 0 Å². The first-order chi connectivity index (χ1) is 5.35. The van der Waals surface area contributed by atoms with Crippen molar-refractivity contribution in [2.45, 2.75) is 19.8 Å². The maximum absolute atomic E-state index is 11.9. The van der Waals surface area contributed by atoms with Gasteiger partial charge < -0.3 is 0 Å². The fourth-order valence-electron chi connectivity index (χ4n) is 0.956. The fourth-order valence-corrected chi connectivity index (χ4v) is 1.20. The van der Waals surface area contributed by atoms with Gasteiger partial charge in [-0.15, -0.1) is 11.6 Å². The van der Waals surface area contributed by atoms with Crippen molar-refractivity contribution in [3.8, 4) is 0 Å². The Hall–Kier alpha value is 0.180. The van der Waals surface area contributed by atoms with Gasteiger partial charge in [-0.3, -0.25) is 4.90 Å². The van der Waals surface area contributed by atoms with Gasteiger partial charge in [0, 0.05) is 19.0 Å². The molecule has 0 aromatic carbocycles. The molecule has 0 fully saturated rings. The topological polar surface area (TPSA) is 3.24 Å². The lowest BCUT2D eigenvalue weighted by Gasteiger charge is -2.18. The van der Waals surface area contributed by atoms with Crippen molar-refractivity contribution in [3.63, 3.8) is 0 Å². The summed E-state index contributed by atoms with van der Waals surface area (Å²) in [6.07, 6.45) is 2.29. The van der Waals surface area contributed by atoms with Crippen LogP contribution in [0.25, 0.3) is 0 Å². The molecule has 0 aliphatic carbocycles. The zero-order valence-corrected chi connectivity index (χ0v) is 7.91. The first-order valence-corrected chi connectivity index (χ1v) is 4.72. The minimum Gasteiger partial charge on any atom is -0.300 e. The number of nitrogens with zero attached hydrogens (tertiary/aromatic N) is 1. The standard InChI is InChI=1S/C8H17ClFN/c1-2-3-6-11(7-4-9)8-5-10/h2-8H2,1H3. The summed E-state index contributed by atoms with van der Waals surface area (Å²) in [5, 5.41) is 0. The average Bonchev–Trinajstić information content (AvgIpc) is 2.01. The Morgan fingerprint density at radius 3 is 2.45 bits per heavy atom. The van der Waals surface area contributed by atoms with E-state index in [9.17, 15) is 4.39 Å². The van der Waals surface area contributed by atoms with Crippen LogP contribution in [0.4, 0.5) is 4.39 Å². The van der Waals surface area contributed by atoms with Crippen LogP contribution in [-0.4, -0.2) is 37.1 Å². The summed E-state index contributed by atoms with van der Waals surface area (Å²) in [5.41, 5.74) is 0. The molecule has 68 valence electrons. The molecule has 0 rings (SSSR count).